The predicted octanol–water partition coefficient (Wildman–Crippen LogP) is 5.77. The number of ether oxygens (including phenoxy) is 2. The number of nitrogens with zero attached hydrogens (tertiary/aromatic N) is 4. The van der Waals surface area contributed by atoms with E-state index in [0.717, 1.165) is 4.68 Å². The van der Waals surface area contributed by atoms with Gasteiger partial charge in [-0.15, -0.1) is 0 Å². The van der Waals surface area contributed by atoms with Gasteiger partial charge in [-0.2, -0.15) is 9.78 Å². The monoisotopic (exact) mass is 607 g/mol. The molecule has 0 radical (unpaired) electrons. The van der Waals surface area contributed by atoms with E-state index >= 15 is 0 Å². The number of hydrogen-bond acceptors (Lipinski definition) is 9. The van der Waals surface area contributed by atoms with Crippen LogP contribution in [0.2, 0.25) is 0 Å². The third-order valence-corrected chi connectivity index (χ3v) is 6.72. The van der Waals surface area contributed by atoms with Gasteiger partial charge in [-0.1, -0.05) is 30.3 Å². The lowest BCUT2D eigenvalue weighted by Gasteiger charge is -2.09. The van der Waals surface area contributed by atoms with Crippen LogP contribution in [-0.4, -0.2) is 40.4 Å². The smallest absolute Gasteiger partial charge is 0.311 e. The molecule has 0 spiro atoms. The second-order valence-corrected chi connectivity index (χ2v) is 9.60. The molecule has 6 rings (SSSR count). The fourth-order valence-electron chi connectivity index (χ4n) is 4.61. The number of furan rings is 1. The first-order chi connectivity index (χ1) is 21.8. The van der Waals surface area contributed by atoms with E-state index in [1.54, 1.807) is 54.6 Å². The van der Waals surface area contributed by atoms with Gasteiger partial charge < -0.3 is 19.2 Å². The molecule has 1 amide bonds. The number of carbonyl (C=O) groups is 1. The third-order valence-electron chi connectivity index (χ3n) is 6.72. The Kier molecular flexibility index (Phi) is 7.72. The van der Waals surface area contributed by atoms with E-state index in [1.807, 2.05) is 0 Å². The van der Waals surface area contributed by atoms with Crippen LogP contribution in [0.25, 0.3) is 33.5 Å². The van der Waals surface area contributed by atoms with E-state index < -0.39 is 34.5 Å². The summed E-state index contributed by atoms with van der Waals surface area (Å²) >= 11 is 0. The van der Waals surface area contributed by atoms with Gasteiger partial charge in [0.05, 0.1) is 40.2 Å². The summed E-state index contributed by atoms with van der Waals surface area (Å²) in [6.45, 7) is -0.605. The lowest BCUT2D eigenvalue weighted by Crippen LogP contribution is -2.21. The van der Waals surface area contributed by atoms with Crippen LogP contribution in [0.3, 0.4) is 0 Å². The molecule has 0 fully saturated rings. The molecular formula is C32H22FN5O7. The van der Waals surface area contributed by atoms with Crippen LogP contribution in [0.15, 0.2) is 105 Å². The Balaban J connectivity index is 1.33. The molecule has 2 aromatic heterocycles. The molecule has 2 heterocycles. The van der Waals surface area contributed by atoms with Crippen molar-refractivity contribution >= 4 is 45.4 Å². The molecule has 0 unspecified atom stereocenters. The Morgan fingerprint density at radius 3 is 2.64 bits per heavy atom. The number of amides is 1. The second kappa shape index (κ2) is 12.1. The summed E-state index contributed by atoms with van der Waals surface area (Å²) in [5, 5.41) is 19.5. The zero-order chi connectivity index (χ0) is 31.5. The van der Waals surface area contributed by atoms with Gasteiger partial charge in [0.1, 0.15) is 17.1 Å². The summed E-state index contributed by atoms with van der Waals surface area (Å²) in [6.07, 6.45) is 1.26. The largest absolute Gasteiger partial charge is 0.496 e. The average molecular weight is 608 g/mol. The molecule has 45 heavy (non-hydrogen) atoms. The van der Waals surface area contributed by atoms with Crippen molar-refractivity contribution in [3.63, 3.8) is 0 Å². The highest BCUT2D eigenvalue weighted by atomic mass is 19.1. The van der Waals surface area contributed by atoms with Crippen LogP contribution in [-0.2, 0) is 4.79 Å². The molecule has 0 aliphatic heterocycles. The summed E-state index contributed by atoms with van der Waals surface area (Å²) in [6, 6.07) is 23.2. The maximum absolute atomic E-state index is 13.8. The highest BCUT2D eigenvalue weighted by Gasteiger charge is 2.20. The lowest BCUT2D eigenvalue weighted by molar-refractivity contribution is -0.385. The number of rotatable bonds is 9. The number of anilines is 1. The quantitative estimate of drug-likeness (QED) is 0.124. The average Bonchev–Trinajstić information content (AvgIpc) is 3.49. The van der Waals surface area contributed by atoms with E-state index in [4.69, 9.17) is 13.9 Å². The van der Waals surface area contributed by atoms with E-state index in [2.05, 4.69) is 15.4 Å². The molecule has 13 heteroatoms. The van der Waals surface area contributed by atoms with Gasteiger partial charge in [0.2, 0.25) is 5.82 Å². The van der Waals surface area contributed by atoms with Crippen LogP contribution in [0.1, 0.15) is 5.56 Å². The first-order valence-corrected chi connectivity index (χ1v) is 13.4. The number of methoxy groups -OCH3 is 1. The second-order valence-electron chi connectivity index (χ2n) is 9.60. The van der Waals surface area contributed by atoms with Gasteiger partial charge in [-0.25, -0.2) is 9.37 Å². The number of fused-ring (bicyclic) bond motifs is 2. The minimum atomic E-state index is -0.709. The maximum atomic E-state index is 13.8. The Morgan fingerprint density at radius 2 is 1.84 bits per heavy atom. The summed E-state index contributed by atoms with van der Waals surface area (Å²) < 4.78 is 31.7. The first-order valence-electron chi connectivity index (χ1n) is 13.4. The van der Waals surface area contributed by atoms with Crippen molar-refractivity contribution < 1.29 is 28.0 Å². The number of nitro benzene ring substituents is 1. The number of halogens is 1. The van der Waals surface area contributed by atoms with E-state index in [0.29, 0.717) is 27.6 Å². The number of benzene rings is 4. The molecule has 4 aromatic carbocycles. The Bertz CT molecular complexity index is 2190. The maximum Gasteiger partial charge on any atom is 0.311 e. The fraction of sp³-hybridized carbons (Fsp3) is 0.0625. The first kappa shape index (κ1) is 28.7. The van der Waals surface area contributed by atoms with Crippen molar-refractivity contribution in [2.75, 3.05) is 19.0 Å². The minimum absolute atomic E-state index is 0.0493. The van der Waals surface area contributed by atoms with Crippen LogP contribution in [0.5, 0.6) is 11.5 Å². The van der Waals surface area contributed by atoms with Crippen LogP contribution in [0.4, 0.5) is 15.8 Å². The molecular weight excluding hydrogens is 585 g/mol. The number of nitrogens with one attached hydrogen (secondary N) is 1. The summed E-state index contributed by atoms with van der Waals surface area (Å²) in [5.41, 5.74) is 0.193. The summed E-state index contributed by atoms with van der Waals surface area (Å²) in [7, 11) is 1.53. The molecule has 1 N–H and O–H groups in total. The van der Waals surface area contributed by atoms with Gasteiger partial charge in [0.15, 0.2) is 18.1 Å². The zero-order valence-corrected chi connectivity index (χ0v) is 23.5. The Morgan fingerprint density at radius 1 is 1.04 bits per heavy atom. The van der Waals surface area contributed by atoms with Gasteiger partial charge in [-0.3, -0.25) is 19.7 Å². The third kappa shape index (κ3) is 5.82. The fourth-order valence-corrected chi connectivity index (χ4v) is 4.61. The van der Waals surface area contributed by atoms with Crippen LogP contribution < -0.4 is 20.3 Å². The Hall–Kier alpha value is -6.37. The van der Waals surface area contributed by atoms with Crippen molar-refractivity contribution in [3.8, 4) is 23.1 Å². The standard InChI is InChI=1S/C32H22FN5O7/c1-43-26-11-6-12-27-21(26)16-29(45-27)31-36-23-9-4-2-7-20(23)32(40)37(31)34-17-19-13-14-28(25(15-19)38(41)42)44-18-30(39)35-24-10-5-3-8-22(24)33/h2-17H,18H2,1H3,(H,35,39). The van der Waals surface area contributed by atoms with E-state index in [9.17, 15) is 24.1 Å². The SMILES string of the molecule is COc1cccc2oc(-c3nc4ccccc4c(=O)n3N=Cc3ccc(OCC(=O)Nc4ccccc4F)c([N+](=O)[O-])c3)cc12. The Labute approximate surface area is 253 Å². The molecule has 0 saturated carbocycles. The highest BCUT2D eigenvalue weighted by molar-refractivity contribution is 5.92. The molecule has 6 aromatic rings. The van der Waals surface area contributed by atoms with Crippen LogP contribution >= 0.6 is 0 Å². The van der Waals surface area contributed by atoms with E-state index in [-0.39, 0.29) is 28.6 Å². The molecule has 0 bridgehead atoms. The van der Waals surface area contributed by atoms with Crippen molar-refractivity contribution in [1.29, 1.82) is 0 Å². The number of carbonyl (C=O) groups excluding carboxylic acids is 1. The topological polar surface area (TPSA) is 151 Å². The van der Waals surface area contributed by atoms with Crippen LogP contribution in [0, 0.1) is 15.9 Å². The normalized spacial score (nSPS) is 11.2. The van der Waals surface area contributed by atoms with Crippen molar-refractivity contribution in [1.82, 2.24) is 9.66 Å². The lowest BCUT2D eigenvalue weighted by atomic mass is 10.2. The van der Waals surface area contributed by atoms with Gasteiger partial charge in [-0.05, 0) is 54.6 Å². The van der Waals surface area contributed by atoms with Crippen molar-refractivity contribution in [2.45, 2.75) is 0 Å². The van der Waals surface area contributed by atoms with Gasteiger partial charge in [0.25, 0.3) is 11.5 Å². The van der Waals surface area contributed by atoms with Crippen molar-refractivity contribution in [2.24, 2.45) is 5.10 Å². The predicted molar refractivity (Wildman–Crippen MR) is 164 cm³/mol. The molecule has 0 atom stereocenters. The summed E-state index contributed by atoms with van der Waals surface area (Å²) in [4.78, 5) is 41.6. The zero-order valence-electron chi connectivity index (χ0n) is 23.5. The molecule has 12 nitrogen and oxygen atoms in total. The molecule has 224 valence electrons. The summed E-state index contributed by atoms with van der Waals surface area (Å²) in [5.74, 6) is -0.618. The number of aromatic nitrogens is 2. The number of hydrogen-bond donors (Lipinski definition) is 1. The van der Waals surface area contributed by atoms with Crippen molar-refractivity contribution in [3.05, 3.63) is 123 Å². The highest BCUT2D eigenvalue weighted by Crippen LogP contribution is 2.33. The minimum Gasteiger partial charge on any atom is -0.496 e. The number of para-hydroxylation sites is 2. The van der Waals surface area contributed by atoms with Gasteiger partial charge in [0, 0.05) is 11.6 Å². The van der Waals surface area contributed by atoms with E-state index in [1.165, 1.54) is 49.7 Å². The molecule has 0 aliphatic rings. The number of nitro groups is 1. The molecule has 0 saturated heterocycles. The van der Waals surface area contributed by atoms with Gasteiger partial charge >= 0.3 is 5.69 Å². The molecule has 0 aliphatic carbocycles.